The second-order valence-corrected chi connectivity index (χ2v) is 10.4. The van der Waals surface area contributed by atoms with Crippen molar-refractivity contribution in [2.75, 3.05) is 36.9 Å². The fourth-order valence-corrected chi connectivity index (χ4v) is 5.60. The van der Waals surface area contributed by atoms with Gasteiger partial charge in [0.05, 0.1) is 24.5 Å². The van der Waals surface area contributed by atoms with Crippen LogP contribution in [-0.4, -0.2) is 45.8 Å². The van der Waals surface area contributed by atoms with E-state index in [2.05, 4.69) is 63.0 Å². The maximum absolute atomic E-state index is 6.60. The molecule has 204 valence electrons. The molecule has 40 heavy (non-hydrogen) atoms. The van der Waals surface area contributed by atoms with Gasteiger partial charge in [-0.3, -0.25) is 4.57 Å². The number of pyridine rings is 2. The van der Waals surface area contributed by atoms with Crippen LogP contribution in [0.25, 0.3) is 39.5 Å². The van der Waals surface area contributed by atoms with E-state index in [9.17, 15) is 0 Å². The zero-order valence-corrected chi connectivity index (χ0v) is 23.0. The van der Waals surface area contributed by atoms with E-state index < -0.39 is 0 Å². The summed E-state index contributed by atoms with van der Waals surface area (Å²) in [6.45, 7) is 3.35. The highest BCUT2D eigenvalue weighted by atomic mass is 35.5. The average molecular weight is 554 g/mol. The van der Waals surface area contributed by atoms with E-state index in [-0.39, 0.29) is 17.9 Å². The molecule has 2 fully saturated rings. The molecule has 0 amide bonds. The first-order valence-electron chi connectivity index (χ1n) is 13.5. The molecule has 1 aliphatic heterocycles. The molecule has 2 aromatic carbocycles. The van der Waals surface area contributed by atoms with Crippen LogP contribution in [0, 0.1) is 0 Å². The Morgan fingerprint density at radius 3 is 2.23 bits per heavy atom. The van der Waals surface area contributed by atoms with Crippen molar-refractivity contribution in [2.24, 2.45) is 5.73 Å². The SMILES string of the molecule is Cl.Nc1ncccc1-c1nc2ccc(-c3ccc(N4CCOCC4)cc3)nc2n1-c1ccc(C2(N)CCC2)cc1. The molecule has 1 saturated heterocycles. The molecule has 0 unspecified atom stereocenters. The van der Waals surface area contributed by atoms with Gasteiger partial charge >= 0.3 is 0 Å². The number of ether oxygens (including phenoxy) is 1. The van der Waals surface area contributed by atoms with Gasteiger partial charge in [0.15, 0.2) is 11.5 Å². The Bertz CT molecular complexity index is 1640. The lowest BCUT2D eigenvalue weighted by Crippen LogP contribution is -2.43. The molecule has 1 saturated carbocycles. The van der Waals surface area contributed by atoms with E-state index in [1.165, 1.54) is 17.7 Å². The molecule has 7 rings (SSSR count). The Balaban J connectivity index is 0.00000289. The Kier molecular flexibility index (Phi) is 6.92. The first kappa shape index (κ1) is 26.3. The molecule has 0 radical (unpaired) electrons. The number of rotatable bonds is 5. The molecule has 0 bridgehead atoms. The molecule has 9 heteroatoms. The van der Waals surface area contributed by atoms with Gasteiger partial charge in [0, 0.05) is 41.8 Å². The Hall–Kier alpha value is -3.98. The van der Waals surface area contributed by atoms with Gasteiger partial charge in [-0.25, -0.2) is 15.0 Å². The molecular weight excluding hydrogens is 522 g/mol. The van der Waals surface area contributed by atoms with Crippen molar-refractivity contribution in [2.45, 2.75) is 24.8 Å². The molecular formula is C31H32ClN7O. The first-order valence-corrected chi connectivity index (χ1v) is 13.5. The summed E-state index contributed by atoms with van der Waals surface area (Å²) in [6, 6.07) is 24.9. The summed E-state index contributed by atoms with van der Waals surface area (Å²) in [4.78, 5) is 16.7. The normalized spacial score (nSPS) is 16.4. The van der Waals surface area contributed by atoms with E-state index in [0.717, 1.165) is 72.8 Å². The van der Waals surface area contributed by atoms with Crippen molar-refractivity contribution in [3.05, 3.63) is 84.6 Å². The number of anilines is 2. The molecule has 5 aromatic rings. The zero-order valence-electron chi connectivity index (χ0n) is 22.2. The van der Waals surface area contributed by atoms with Gasteiger partial charge in [0.1, 0.15) is 11.3 Å². The second kappa shape index (κ2) is 10.5. The quantitative estimate of drug-likeness (QED) is 0.303. The number of fused-ring (bicyclic) bond motifs is 1. The smallest absolute Gasteiger partial charge is 0.165 e. The zero-order chi connectivity index (χ0) is 26.4. The van der Waals surface area contributed by atoms with Crippen molar-refractivity contribution in [3.8, 4) is 28.3 Å². The number of nitrogens with two attached hydrogens (primary N) is 2. The van der Waals surface area contributed by atoms with Gasteiger partial charge in [0.2, 0.25) is 0 Å². The first-order chi connectivity index (χ1) is 19.1. The van der Waals surface area contributed by atoms with E-state index in [1.54, 1.807) is 6.20 Å². The van der Waals surface area contributed by atoms with Crippen LogP contribution < -0.4 is 16.4 Å². The predicted molar refractivity (Wildman–Crippen MR) is 162 cm³/mol. The molecule has 0 spiro atoms. The molecule has 8 nitrogen and oxygen atoms in total. The number of nitrogens with zero attached hydrogens (tertiary/aromatic N) is 5. The lowest BCUT2D eigenvalue weighted by atomic mass is 9.73. The van der Waals surface area contributed by atoms with Crippen LogP contribution in [0.1, 0.15) is 24.8 Å². The van der Waals surface area contributed by atoms with Crippen molar-refractivity contribution in [1.29, 1.82) is 0 Å². The number of aromatic nitrogens is 4. The van der Waals surface area contributed by atoms with Crippen LogP contribution in [0.4, 0.5) is 11.5 Å². The van der Waals surface area contributed by atoms with Crippen LogP contribution in [0.2, 0.25) is 0 Å². The number of hydrogen-bond donors (Lipinski definition) is 2. The molecule has 4 heterocycles. The van der Waals surface area contributed by atoms with E-state index in [0.29, 0.717) is 11.6 Å². The highest BCUT2D eigenvalue weighted by molar-refractivity contribution is 5.85. The number of hydrogen-bond acceptors (Lipinski definition) is 7. The molecule has 3 aromatic heterocycles. The van der Waals surface area contributed by atoms with Crippen LogP contribution in [0.5, 0.6) is 0 Å². The molecule has 2 aliphatic rings. The number of morpholine rings is 1. The third-order valence-corrected chi connectivity index (χ3v) is 8.07. The minimum absolute atomic E-state index is 0. The summed E-state index contributed by atoms with van der Waals surface area (Å²) in [5, 5.41) is 0. The number of benzene rings is 2. The fraction of sp³-hybridized carbons (Fsp3) is 0.258. The van der Waals surface area contributed by atoms with Crippen LogP contribution in [-0.2, 0) is 10.3 Å². The van der Waals surface area contributed by atoms with E-state index in [1.807, 2.05) is 24.3 Å². The molecule has 0 atom stereocenters. The molecule has 4 N–H and O–H groups in total. The fourth-order valence-electron chi connectivity index (χ4n) is 5.60. The maximum Gasteiger partial charge on any atom is 0.165 e. The van der Waals surface area contributed by atoms with Crippen molar-refractivity contribution in [1.82, 2.24) is 19.5 Å². The highest BCUT2D eigenvalue weighted by Gasteiger charge is 2.34. The summed E-state index contributed by atoms with van der Waals surface area (Å²) in [5.74, 6) is 1.14. The monoisotopic (exact) mass is 553 g/mol. The van der Waals surface area contributed by atoms with Gasteiger partial charge in [-0.15, -0.1) is 12.4 Å². The van der Waals surface area contributed by atoms with Crippen LogP contribution in [0.3, 0.4) is 0 Å². The summed E-state index contributed by atoms with van der Waals surface area (Å²) < 4.78 is 7.57. The maximum atomic E-state index is 6.60. The minimum Gasteiger partial charge on any atom is -0.383 e. The Labute approximate surface area is 239 Å². The van der Waals surface area contributed by atoms with E-state index >= 15 is 0 Å². The lowest BCUT2D eigenvalue weighted by molar-refractivity contribution is 0.122. The van der Waals surface area contributed by atoms with Crippen LogP contribution in [0.15, 0.2) is 79.0 Å². The standard InChI is InChI=1S/C31H31N7O.ClH/c32-28-25(3-1-16-34-28)29-36-27-13-12-26(21-4-8-23(9-5-21)37-17-19-39-20-18-37)35-30(27)38(29)24-10-6-22(7-11-24)31(33)14-2-15-31;/h1,3-13,16H,2,14-15,17-20,33H2,(H2,32,34);1H. The summed E-state index contributed by atoms with van der Waals surface area (Å²) in [5.41, 5.74) is 20.3. The number of nitrogen functional groups attached to an aromatic ring is 1. The van der Waals surface area contributed by atoms with Crippen molar-refractivity contribution >= 4 is 35.1 Å². The molecule has 1 aliphatic carbocycles. The van der Waals surface area contributed by atoms with Crippen molar-refractivity contribution in [3.63, 3.8) is 0 Å². The van der Waals surface area contributed by atoms with Crippen molar-refractivity contribution < 1.29 is 4.74 Å². The van der Waals surface area contributed by atoms with Gasteiger partial charge in [-0.05, 0) is 73.4 Å². The highest BCUT2D eigenvalue weighted by Crippen LogP contribution is 2.39. The minimum atomic E-state index is -0.217. The Morgan fingerprint density at radius 2 is 1.55 bits per heavy atom. The largest absolute Gasteiger partial charge is 0.383 e. The van der Waals surface area contributed by atoms with Gasteiger partial charge in [-0.2, -0.15) is 0 Å². The lowest BCUT2D eigenvalue weighted by Gasteiger charge is -2.38. The summed E-state index contributed by atoms with van der Waals surface area (Å²) in [6.07, 6.45) is 4.91. The predicted octanol–water partition coefficient (Wildman–Crippen LogP) is 5.33. The Morgan fingerprint density at radius 1 is 0.825 bits per heavy atom. The van der Waals surface area contributed by atoms with E-state index in [4.69, 9.17) is 26.2 Å². The van der Waals surface area contributed by atoms with Gasteiger partial charge < -0.3 is 21.1 Å². The van der Waals surface area contributed by atoms with Crippen LogP contribution >= 0.6 is 12.4 Å². The topological polar surface area (TPSA) is 108 Å². The average Bonchev–Trinajstić information content (AvgIpc) is 3.35. The van der Waals surface area contributed by atoms with Gasteiger partial charge in [0.25, 0.3) is 0 Å². The summed E-state index contributed by atoms with van der Waals surface area (Å²) >= 11 is 0. The summed E-state index contributed by atoms with van der Waals surface area (Å²) in [7, 11) is 0. The number of halogens is 1. The third kappa shape index (κ3) is 4.58. The second-order valence-electron chi connectivity index (χ2n) is 10.4. The third-order valence-electron chi connectivity index (χ3n) is 8.07. The van der Waals surface area contributed by atoms with Gasteiger partial charge in [-0.1, -0.05) is 24.3 Å². The number of imidazole rings is 1.